The number of hydrogen-bond acceptors (Lipinski definition) is 4. The first kappa shape index (κ1) is 16.2. The van der Waals surface area contributed by atoms with Gasteiger partial charge in [-0.3, -0.25) is 0 Å². The van der Waals surface area contributed by atoms with Gasteiger partial charge in [0.2, 0.25) is 0 Å². The quantitative estimate of drug-likeness (QED) is 0.785. The summed E-state index contributed by atoms with van der Waals surface area (Å²) in [5.74, 6) is -0.820. The summed E-state index contributed by atoms with van der Waals surface area (Å²) >= 11 is 0. The van der Waals surface area contributed by atoms with E-state index in [0.29, 0.717) is 13.2 Å². The van der Waals surface area contributed by atoms with E-state index in [4.69, 9.17) is 14.2 Å². The Kier molecular flexibility index (Phi) is 5.53. The Balaban J connectivity index is 1.91. The number of hydrogen-bond donors (Lipinski definition) is 1. The van der Waals surface area contributed by atoms with Gasteiger partial charge >= 0.3 is 0 Å². The first-order valence-electron chi connectivity index (χ1n) is 7.26. The molecule has 0 bridgehead atoms. The molecule has 0 spiro atoms. The summed E-state index contributed by atoms with van der Waals surface area (Å²) in [5, 5.41) is 9.43. The number of aliphatic hydroxyl groups excluding tert-OH is 1. The molecule has 21 heavy (non-hydrogen) atoms. The fourth-order valence-electron chi connectivity index (χ4n) is 2.53. The summed E-state index contributed by atoms with van der Waals surface area (Å²) in [4.78, 5) is 0. The number of rotatable bonds is 7. The summed E-state index contributed by atoms with van der Waals surface area (Å²) in [6, 6.07) is 9.99. The van der Waals surface area contributed by atoms with Gasteiger partial charge in [0, 0.05) is 5.92 Å². The zero-order valence-corrected chi connectivity index (χ0v) is 12.7. The van der Waals surface area contributed by atoms with Crippen LogP contribution in [-0.4, -0.2) is 36.3 Å². The Hall–Kier alpha value is -1.20. The standard InChI is InChI=1S/C17H24O4/c1-4-14(10-18)16-15(20-17(2,3)21-16)12-19-11-13-8-6-5-7-9-13/h4-9,14-16,18H,1,10-12H2,2-3H3/t14-,15-,16-/m0/s1. The summed E-state index contributed by atoms with van der Waals surface area (Å²) in [6.07, 6.45) is 1.26. The van der Waals surface area contributed by atoms with E-state index in [0.717, 1.165) is 5.56 Å². The van der Waals surface area contributed by atoms with Gasteiger partial charge in [-0.05, 0) is 19.4 Å². The average Bonchev–Trinajstić information content (AvgIpc) is 2.77. The highest BCUT2D eigenvalue weighted by atomic mass is 16.8. The van der Waals surface area contributed by atoms with Crippen molar-refractivity contribution in [1.82, 2.24) is 0 Å². The molecule has 1 fully saturated rings. The summed E-state index contributed by atoms with van der Waals surface area (Å²) < 4.78 is 17.5. The molecule has 0 aromatic heterocycles. The maximum absolute atomic E-state index is 9.43. The van der Waals surface area contributed by atoms with E-state index in [2.05, 4.69) is 6.58 Å². The summed E-state index contributed by atoms with van der Waals surface area (Å²) in [7, 11) is 0. The molecular weight excluding hydrogens is 268 g/mol. The van der Waals surface area contributed by atoms with E-state index in [1.54, 1.807) is 6.08 Å². The molecule has 1 saturated heterocycles. The Morgan fingerprint density at radius 3 is 2.67 bits per heavy atom. The summed E-state index contributed by atoms with van der Waals surface area (Å²) in [5.41, 5.74) is 1.12. The van der Waals surface area contributed by atoms with Crippen molar-refractivity contribution in [2.45, 2.75) is 38.4 Å². The zero-order chi connectivity index (χ0) is 15.3. The largest absolute Gasteiger partial charge is 0.396 e. The van der Waals surface area contributed by atoms with Crippen LogP contribution in [0.3, 0.4) is 0 Å². The first-order valence-corrected chi connectivity index (χ1v) is 7.26. The van der Waals surface area contributed by atoms with Crippen molar-refractivity contribution in [3.63, 3.8) is 0 Å². The van der Waals surface area contributed by atoms with Crippen molar-refractivity contribution in [3.8, 4) is 0 Å². The van der Waals surface area contributed by atoms with Crippen LogP contribution in [0.5, 0.6) is 0 Å². The molecular formula is C17H24O4. The third-order valence-corrected chi connectivity index (χ3v) is 3.55. The fourth-order valence-corrected chi connectivity index (χ4v) is 2.53. The SMILES string of the molecule is C=C[C@@H](CO)[C@@H]1OC(C)(C)O[C@H]1COCc1ccccc1. The second-order valence-corrected chi connectivity index (χ2v) is 5.72. The zero-order valence-electron chi connectivity index (χ0n) is 12.7. The van der Waals surface area contributed by atoms with Gasteiger partial charge in [0.1, 0.15) is 6.10 Å². The molecule has 1 aliphatic heterocycles. The molecule has 1 heterocycles. The highest BCUT2D eigenvalue weighted by Gasteiger charge is 2.44. The van der Waals surface area contributed by atoms with Crippen molar-refractivity contribution in [1.29, 1.82) is 0 Å². The minimum Gasteiger partial charge on any atom is -0.396 e. The van der Waals surface area contributed by atoms with E-state index in [1.807, 2.05) is 44.2 Å². The van der Waals surface area contributed by atoms with Gasteiger partial charge in [-0.1, -0.05) is 36.4 Å². The highest BCUT2D eigenvalue weighted by Crippen LogP contribution is 2.32. The van der Waals surface area contributed by atoms with Gasteiger partial charge in [-0.2, -0.15) is 0 Å². The minimum absolute atomic E-state index is 0.0111. The van der Waals surface area contributed by atoms with Gasteiger partial charge in [-0.15, -0.1) is 6.58 Å². The number of ether oxygens (including phenoxy) is 3. The minimum atomic E-state index is -0.665. The van der Waals surface area contributed by atoms with Gasteiger partial charge in [0.25, 0.3) is 0 Å². The van der Waals surface area contributed by atoms with Crippen LogP contribution in [0.1, 0.15) is 19.4 Å². The van der Waals surface area contributed by atoms with Crippen molar-refractivity contribution in [3.05, 3.63) is 48.6 Å². The number of benzene rings is 1. The molecule has 116 valence electrons. The molecule has 0 unspecified atom stereocenters. The van der Waals surface area contributed by atoms with E-state index in [9.17, 15) is 5.11 Å². The predicted octanol–water partition coefficient (Wildman–Crippen LogP) is 2.52. The molecule has 0 amide bonds. The monoisotopic (exact) mass is 292 g/mol. The van der Waals surface area contributed by atoms with Crippen LogP contribution in [0.2, 0.25) is 0 Å². The molecule has 2 rings (SSSR count). The molecule has 4 nitrogen and oxygen atoms in total. The Morgan fingerprint density at radius 1 is 1.33 bits per heavy atom. The van der Waals surface area contributed by atoms with Crippen LogP contribution in [0.15, 0.2) is 43.0 Å². The second kappa shape index (κ2) is 7.18. The molecule has 3 atom stereocenters. The lowest BCUT2D eigenvalue weighted by Gasteiger charge is -2.22. The lowest BCUT2D eigenvalue weighted by molar-refractivity contribution is -0.154. The van der Waals surface area contributed by atoms with E-state index in [1.165, 1.54) is 0 Å². The highest BCUT2D eigenvalue weighted by molar-refractivity contribution is 5.13. The number of aliphatic hydroxyl groups is 1. The molecule has 0 radical (unpaired) electrons. The molecule has 1 aromatic rings. The Morgan fingerprint density at radius 2 is 2.05 bits per heavy atom. The molecule has 1 N–H and O–H groups in total. The topological polar surface area (TPSA) is 47.9 Å². The van der Waals surface area contributed by atoms with Crippen LogP contribution >= 0.6 is 0 Å². The maximum atomic E-state index is 9.43. The van der Waals surface area contributed by atoms with E-state index < -0.39 is 5.79 Å². The van der Waals surface area contributed by atoms with Crippen LogP contribution in [0.4, 0.5) is 0 Å². The van der Waals surface area contributed by atoms with Crippen LogP contribution in [-0.2, 0) is 20.8 Å². The van der Waals surface area contributed by atoms with Crippen molar-refractivity contribution >= 4 is 0 Å². The van der Waals surface area contributed by atoms with Gasteiger partial charge in [0.15, 0.2) is 5.79 Å². The average molecular weight is 292 g/mol. The van der Waals surface area contributed by atoms with E-state index >= 15 is 0 Å². The predicted molar refractivity (Wildman–Crippen MR) is 80.7 cm³/mol. The van der Waals surface area contributed by atoms with Crippen molar-refractivity contribution in [2.75, 3.05) is 13.2 Å². The Labute approximate surface area is 126 Å². The maximum Gasteiger partial charge on any atom is 0.163 e. The fraction of sp³-hybridized carbons (Fsp3) is 0.529. The molecule has 0 saturated carbocycles. The molecule has 1 aliphatic rings. The smallest absolute Gasteiger partial charge is 0.163 e. The van der Waals surface area contributed by atoms with E-state index in [-0.39, 0.29) is 24.7 Å². The third-order valence-electron chi connectivity index (χ3n) is 3.55. The van der Waals surface area contributed by atoms with Crippen molar-refractivity contribution < 1.29 is 19.3 Å². The third kappa shape index (κ3) is 4.38. The molecule has 1 aromatic carbocycles. The normalized spacial score (nSPS) is 25.7. The molecule has 4 heteroatoms. The molecule has 0 aliphatic carbocycles. The van der Waals surface area contributed by atoms with Crippen LogP contribution < -0.4 is 0 Å². The van der Waals surface area contributed by atoms with Crippen LogP contribution in [0, 0.1) is 5.92 Å². The lowest BCUT2D eigenvalue weighted by atomic mass is 9.99. The van der Waals surface area contributed by atoms with Gasteiger partial charge < -0.3 is 19.3 Å². The van der Waals surface area contributed by atoms with Gasteiger partial charge in [-0.25, -0.2) is 0 Å². The van der Waals surface area contributed by atoms with Crippen LogP contribution in [0.25, 0.3) is 0 Å². The summed E-state index contributed by atoms with van der Waals surface area (Å²) in [6.45, 7) is 8.44. The second-order valence-electron chi connectivity index (χ2n) is 5.72. The Bertz CT molecular complexity index is 443. The van der Waals surface area contributed by atoms with Gasteiger partial charge in [0.05, 0.1) is 25.9 Å². The van der Waals surface area contributed by atoms with Crippen molar-refractivity contribution in [2.24, 2.45) is 5.92 Å². The lowest BCUT2D eigenvalue weighted by Crippen LogP contribution is -2.35. The first-order chi connectivity index (χ1) is 10.1.